The number of carbonyl (C=O) groups is 1. The van der Waals surface area contributed by atoms with Crippen molar-refractivity contribution in [2.45, 2.75) is 76.3 Å². The number of aryl methyl sites for hydroxylation is 1. The summed E-state index contributed by atoms with van der Waals surface area (Å²) in [6.45, 7) is 7.96. The number of rotatable bonds is 12. The molecule has 1 unspecified atom stereocenters. The zero-order valence-electron chi connectivity index (χ0n) is 25.3. The van der Waals surface area contributed by atoms with Crippen molar-refractivity contribution in [2.75, 3.05) is 47.0 Å². The molecule has 0 aromatic heterocycles. The van der Waals surface area contributed by atoms with Gasteiger partial charge in [0.25, 0.3) is 0 Å². The Hall–Kier alpha value is -2.46. The molecule has 4 rings (SSSR count). The van der Waals surface area contributed by atoms with Gasteiger partial charge in [-0.1, -0.05) is 30.3 Å². The molecule has 1 heterocycles. The van der Waals surface area contributed by atoms with Crippen LogP contribution in [-0.2, 0) is 19.6 Å². The summed E-state index contributed by atoms with van der Waals surface area (Å²) in [5, 5.41) is 3.12. The number of hydrogen-bond donors (Lipinski definition) is 1. The Bertz CT molecular complexity index is 1280. The maximum Gasteiger partial charge on any atom is 0.246 e. The molecular weight excluding hydrogens is 538 g/mol. The number of nitrogens with zero attached hydrogens (tertiary/aromatic N) is 2. The largest absolute Gasteiger partial charge is 0.496 e. The molecule has 0 bridgehead atoms. The van der Waals surface area contributed by atoms with Gasteiger partial charge in [0.15, 0.2) is 0 Å². The minimum absolute atomic E-state index is 0.0694. The Labute approximate surface area is 246 Å². The van der Waals surface area contributed by atoms with Crippen LogP contribution in [0.4, 0.5) is 0 Å². The highest BCUT2D eigenvalue weighted by Gasteiger charge is 2.30. The van der Waals surface area contributed by atoms with Crippen molar-refractivity contribution in [3.8, 4) is 5.75 Å². The first-order valence-corrected chi connectivity index (χ1v) is 16.3. The second-order valence-electron chi connectivity index (χ2n) is 11.7. The van der Waals surface area contributed by atoms with Crippen molar-refractivity contribution in [1.82, 2.24) is 14.5 Å². The van der Waals surface area contributed by atoms with Gasteiger partial charge in [-0.3, -0.25) is 9.69 Å². The van der Waals surface area contributed by atoms with E-state index < -0.39 is 10.0 Å². The van der Waals surface area contributed by atoms with Crippen LogP contribution < -0.4 is 10.1 Å². The molecule has 1 saturated heterocycles. The second-order valence-corrected chi connectivity index (χ2v) is 13.7. The van der Waals surface area contributed by atoms with Crippen molar-refractivity contribution in [3.63, 3.8) is 0 Å². The van der Waals surface area contributed by atoms with Crippen molar-refractivity contribution in [3.05, 3.63) is 58.7 Å². The molecular formula is C32H47N3O5S. The standard InChI is InChI=1S/C32H47N3O5S/c1-23-20-30(39-5)24(2)25(3)32(23)41(37,38)34(4)18-19-40-22-31(36)33-28-15-13-26(14-16-28)21-35-17-9-12-29(35)27-10-7-6-8-11-27/h6-8,10-11,20,26,28-29H,9,12-19,21-22H2,1-5H3,(H,33,36). The maximum absolute atomic E-state index is 13.3. The summed E-state index contributed by atoms with van der Waals surface area (Å²) in [4.78, 5) is 15.5. The van der Waals surface area contributed by atoms with Gasteiger partial charge in [-0.25, -0.2) is 8.42 Å². The average molecular weight is 586 g/mol. The van der Waals surface area contributed by atoms with Gasteiger partial charge >= 0.3 is 0 Å². The van der Waals surface area contributed by atoms with Gasteiger partial charge in [-0.15, -0.1) is 0 Å². The van der Waals surface area contributed by atoms with Crippen molar-refractivity contribution in [2.24, 2.45) is 5.92 Å². The summed E-state index contributed by atoms with van der Waals surface area (Å²) in [6.07, 6.45) is 6.71. The number of likely N-dealkylation sites (tertiary alicyclic amines) is 1. The molecule has 2 aliphatic rings. The quantitative estimate of drug-likeness (QED) is 0.361. The Morgan fingerprint density at radius 1 is 1.05 bits per heavy atom. The van der Waals surface area contributed by atoms with Crippen LogP contribution in [0.15, 0.2) is 41.3 Å². The fourth-order valence-corrected chi connectivity index (χ4v) is 8.08. The Morgan fingerprint density at radius 2 is 1.76 bits per heavy atom. The van der Waals surface area contributed by atoms with E-state index in [9.17, 15) is 13.2 Å². The molecule has 1 saturated carbocycles. The van der Waals surface area contributed by atoms with Crippen molar-refractivity contribution < 1.29 is 22.7 Å². The third-order valence-corrected chi connectivity index (χ3v) is 11.1. The number of methoxy groups -OCH3 is 1. The first-order valence-electron chi connectivity index (χ1n) is 14.9. The van der Waals surface area contributed by atoms with Gasteiger partial charge in [-0.05, 0) is 100 Å². The SMILES string of the molecule is COc1cc(C)c(S(=O)(=O)N(C)CCOCC(=O)NC2CCC(CN3CCCC3c3ccccc3)CC2)c(C)c1C. The molecule has 8 nitrogen and oxygen atoms in total. The van der Waals surface area contributed by atoms with Gasteiger partial charge in [0.2, 0.25) is 15.9 Å². The van der Waals surface area contributed by atoms with E-state index in [1.807, 2.05) is 6.92 Å². The van der Waals surface area contributed by atoms with Crippen LogP contribution in [0.25, 0.3) is 0 Å². The van der Waals surface area contributed by atoms with Crippen LogP contribution >= 0.6 is 0 Å². The highest BCUT2D eigenvalue weighted by Crippen LogP contribution is 2.35. The number of sulfonamides is 1. The van der Waals surface area contributed by atoms with E-state index >= 15 is 0 Å². The lowest BCUT2D eigenvalue weighted by atomic mass is 9.85. The van der Waals surface area contributed by atoms with Crippen LogP contribution in [0.3, 0.4) is 0 Å². The predicted octanol–water partition coefficient (Wildman–Crippen LogP) is 4.77. The zero-order chi connectivity index (χ0) is 29.6. The van der Waals surface area contributed by atoms with Crippen LogP contribution in [-0.4, -0.2) is 76.6 Å². The molecule has 0 radical (unpaired) electrons. The van der Waals surface area contributed by atoms with Gasteiger partial charge in [0.05, 0.1) is 18.6 Å². The monoisotopic (exact) mass is 585 g/mol. The van der Waals surface area contributed by atoms with Crippen LogP contribution in [0.1, 0.15) is 66.8 Å². The summed E-state index contributed by atoms with van der Waals surface area (Å²) in [6, 6.07) is 13.3. The molecule has 41 heavy (non-hydrogen) atoms. The van der Waals surface area contributed by atoms with Gasteiger partial charge < -0.3 is 14.8 Å². The molecule has 0 spiro atoms. The fraction of sp³-hybridized carbons (Fsp3) is 0.594. The normalized spacial score (nSPS) is 21.8. The third-order valence-electron chi connectivity index (χ3n) is 8.90. The van der Waals surface area contributed by atoms with Crippen LogP contribution in [0.5, 0.6) is 5.75 Å². The minimum atomic E-state index is -3.71. The van der Waals surface area contributed by atoms with Crippen molar-refractivity contribution >= 4 is 15.9 Å². The molecule has 1 N–H and O–H groups in total. The predicted molar refractivity (Wildman–Crippen MR) is 162 cm³/mol. The summed E-state index contributed by atoms with van der Waals surface area (Å²) in [5.41, 5.74) is 3.55. The first-order chi connectivity index (χ1) is 19.6. The van der Waals surface area contributed by atoms with Crippen molar-refractivity contribution in [1.29, 1.82) is 0 Å². The summed E-state index contributed by atoms with van der Waals surface area (Å²) in [7, 11) is -0.589. The molecule has 1 amide bonds. The molecule has 9 heteroatoms. The van der Waals surface area contributed by atoms with E-state index in [2.05, 4.69) is 40.5 Å². The molecule has 1 aliphatic heterocycles. The lowest BCUT2D eigenvalue weighted by molar-refractivity contribution is -0.126. The van der Waals surface area contributed by atoms with E-state index in [4.69, 9.17) is 9.47 Å². The van der Waals surface area contributed by atoms with E-state index in [0.29, 0.717) is 33.7 Å². The molecule has 1 aliphatic carbocycles. The van der Waals surface area contributed by atoms with E-state index in [-0.39, 0.29) is 31.7 Å². The van der Waals surface area contributed by atoms with Crippen LogP contribution in [0.2, 0.25) is 0 Å². The Kier molecular flexibility index (Phi) is 10.9. The smallest absolute Gasteiger partial charge is 0.246 e. The highest BCUT2D eigenvalue weighted by molar-refractivity contribution is 7.89. The number of hydrogen-bond acceptors (Lipinski definition) is 6. The first kappa shape index (κ1) is 31.5. The summed E-state index contributed by atoms with van der Waals surface area (Å²) in [5.74, 6) is 1.20. The average Bonchev–Trinajstić information content (AvgIpc) is 3.42. The molecule has 226 valence electrons. The number of likely N-dealkylation sites (N-methyl/N-ethyl adjacent to an activating group) is 1. The van der Waals surface area contributed by atoms with E-state index in [1.165, 1.54) is 29.3 Å². The molecule has 2 aromatic rings. The lowest BCUT2D eigenvalue weighted by Crippen LogP contribution is -2.41. The number of ether oxygens (including phenoxy) is 2. The topological polar surface area (TPSA) is 88.2 Å². The van der Waals surface area contributed by atoms with E-state index in [1.54, 1.807) is 34.1 Å². The maximum atomic E-state index is 13.3. The second kappa shape index (κ2) is 14.1. The van der Waals surface area contributed by atoms with E-state index in [0.717, 1.165) is 37.8 Å². The number of benzene rings is 2. The summed E-state index contributed by atoms with van der Waals surface area (Å²) < 4.78 is 38.8. The zero-order valence-corrected chi connectivity index (χ0v) is 26.1. The van der Waals surface area contributed by atoms with Crippen LogP contribution in [0, 0.1) is 26.7 Å². The Balaban J connectivity index is 1.17. The third kappa shape index (κ3) is 7.69. The van der Waals surface area contributed by atoms with Gasteiger partial charge in [0, 0.05) is 32.2 Å². The highest BCUT2D eigenvalue weighted by atomic mass is 32.2. The fourth-order valence-electron chi connectivity index (χ4n) is 6.45. The summed E-state index contributed by atoms with van der Waals surface area (Å²) >= 11 is 0. The molecule has 2 aromatic carbocycles. The Morgan fingerprint density at radius 3 is 2.44 bits per heavy atom. The van der Waals surface area contributed by atoms with Gasteiger partial charge in [-0.2, -0.15) is 4.31 Å². The minimum Gasteiger partial charge on any atom is -0.496 e. The number of amides is 1. The number of nitrogens with one attached hydrogen (secondary N) is 1. The molecule has 1 atom stereocenters. The number of carbonyl (C=O) groups excluding carboxylic acids is 1. The van der Waals surface area contributed by atoms with Gasteiger partial charge in [0.1, 0.15) is 12.4 Å². The molecule has 2 fully saturated rings. The lowest BCUT2D eigenvalue weighted by Gasteiger charge is -2.34.